The second-order valence-electron chi connectivity index (χ2n) is 2.46. The fourth-order valence-corrected chi connectivity index (χ4v) is 1.89. The summed E-state index contributed by atoms with van der Waals surface area (Å²) in [5.41, 5.74) is 0. The standard InChI is InChI=1S/C8H14OS/c1-2-6-10-7-8-4-3-5-9-8/h2,8H,1,3-7H2. The summed E-state index contributed by atoms with van der Waals surface area (Å²) >= 11 is 1.91. The summed E-state index contributed by atoms with van der Waals surface area (Å²) in [6.07, 6.45) is 4.98. The molecule has 0 aromatic heterocycles. The SMILES string of the molecule is C=CCSCC1CCCO1. The van der Waals surface area contributed by atoms with Crippen LogP contribution in [-0.2, 0) is 4.74 Å². The van der Waals surface area contributed by atoms with Crippen LogP contribution in [0.5, 0.6) is 0 Å². The first kappa shape index (κ1) is 8.15. The molecule has 0 radical (unpaired) electrons. The zero-order valence-corrected chi connectivity index (χ0v) is 7.03. The van der Waals surface area contributed by atoms with Crippen LogP contribution < -0.4 is 0 Å². The topological polar surface area (TPSA) is 9.23 Å². The van der Waals surface area contributed by atoms with Crippen LogP contribution >= 0.6 is 11.8 Å². The van der Waals surface area contributed by atoms with Gasteiger partial charge in [-0.15, -0.1) is 6.58 Å². The molecule has 2 heteroatoms. The molecule has 1 fully saturated rings. The summed E-state index contributed by atoms with van der Waals surface area (Å²) in [5.74, 6) is 2.20. The van der Waals surface area contributed by atoms with Crippen LogP contribution in [0.1, 0.15) is 12.8 Å². The molecule has 10 heavy (non-hydrogen) atoms. The highest BCUT2D eigenvalue weighted by Crippen LogP contribution is 2.16. The summed E-state index contributed by atoms with van der Waals surface area (Å²) in [6.45, 7) is 4.63. The van der Waals surface area contributed by atoms with E-state index in [1.165, 1.54) is 12.8 Å². The summed E-state index contributed by atoms with van der Waals surface area (Å²) in [4.78, 5) is 0. The van der Waals surface area contributed by atoms with Crippen LogP contribution in [0.15, 0.2) is 12.7 Å². The Morgan fingerprint density at radius 2 is 2.60 bits per heavy atom. The lowest BCUT2D eigenvalue weighted by molar-refractivity contribution is 0.129. The van der Waals surface area contributed by atoms with Gasteiger partial charge in [-0.2, -0.15) is 11.8 Å². The summed E-state index contributed by atoms with van der Waals surface area (Å²) in [6, 6.07) is 0. The summed E-state index contributed by atoms with van der Waals surface area (Å²) in [5, 5.41) is 0. The molecular weight excluding hydrogens is 144 g/mol. The van der Waals surface area contributed by atoms with Crippen molar-refractivity contribution in [2.24, 2.45) is 0 Å². The zero-order chi connectivity index (χ0) is 7.23. The van der Waals surface area contributed by atoms with Crippen molar-refractivity contribution in [1.82, 2.24) is 0 Å². The lowest BCUT2D eigenvalue weighted by Crippen LogP contribution is -2.07. The van der Waals surface area contributed by atoms with Crippen LogP contribution in [0, 0.1) is 0 Å². The minimum atomic E-state index is 0.532. The normalized spacial score (nSPS) is 25.0. The molecule has 1 atom stereocenters. The lowest BCUT2D eigenvalue weighted by atomic mass is 10.3. The Morgan fingerprint density at radius 3 is 3.20 bits per heavy atom. The molecule has 1 heterocycles. The summed E-state index contributed by atoms with van der Waals surface area (Å²) < 4.78 is 5.44. The molecule has 0 aliphatic carbocycles. The van der Waals surface area contributed by atoms with Crippen molar-refractivity contribution in [3.05, 3.63) is 12.7 Å². The molecule has 1 aliphatic heterocycles. The third-order valence-electron chi connectivity index (χ3n) is 1.56. The van der Waals surface area contributed by atoms with Crippen molar-refractivity contribution in [1.29, 1.82) is 0 Å². The molecule has 0 saturated carbocycles. The van der Waals surface area contributed by atoms with Crippen LogP contribution in [0.25, 0.3) is 0 Å². The van der Waals surface area contributed by atoms with Gasteiger partial charge in [0, 0.05) is 18.1 Å². The fraction of sp³-hybridized carbons (Fsp3) is 0.750. The molecule has 1 aliphatic rings. The van der Waals surface area contributed by atoms with E-state index in [-0.39, 0.29) is 0 Å². The minimum Gasteiger partial charge on any atom is -0.377 e. The van der Waals surface area contributed by atoms with Gasteiger partial charge in [0.25, 0.3) is 0 Å². The van der Waals surface area contributed by atoms with Crippen molar-refractivity contribution in [2.45, 2.75) is 18.9 Å². The maximum atomic E-state index is 5.44. The highest BCUT2D eigenvalue weighted by Gasteiger charge is 2.14. The molecule has 0 bridgehead atoms. The molecule has 0 aromatic rings. The van der Waals surface area contributed by atoms with Crippen LogP contribution in [0.3, 0.4) is 0 Å². The van der Waals surface area contributed by atoms with E-state index in [1.54, 1.807) is 0 Å². The third kappa shape index (κ3) is 2.76. The average molecular weight is 158 g/mol. The van der Waals surface area contributed by atoms with Crippen molar-refractivity contribution in [3.63, 3.8) is 0 Å². The molecule has 0 aromatic carbocycles. The van der Waals surface area contributed by atoms with Gasteiger partial charge in [0.05, 0.1) is 6.10 Å². The number of ether oxygens (including phenoxy) is 1. The monoisotopic (exact) mass is 158 g/mol. The van der Waals surface area contributed by atoms with E-state index in [9.17, 15) is 0 Å². The largest absolute Gasteiger partial charge is 0.377 e. The second-order valence-corrected chi connectivity index (χ2v) is 3.54. The van der Waals surface area contributed by atoms with Crippen LogP contribution in [-0.4, -0.2) is 24.2 Å². The van der Waals surface area contributed by atoms with Gasteiger partial charge >= 0.3 is 0 Å². The number of thioether (sulfide) groups is 1. The molecule has 1 saturated heterocycles. The fourth-order valence-electron chi connectivity index (χ4n) is 1.06. The number of rotatable bonds is 4. The smallest absolute Gasteiger partial charge is 0.0666 e. The maximum Gasteiger partial charge on any atom is 0.0666 e. The second kappa shape index (κ2) is 4.80. The lowest BCUT2D eigenvalue weighted by Gasteiger charge is -2.06. The molecule has 1 unspecified atom stereocenters. The quantitative estimate of drug-likeness (QED) is 0.457. The molecule has 0 N–H and O–H groups in total. The Morgan fingerprint density at radius 1 is 1.70 bits per heavy atom. The van der Waals surface area contributed by atoms with E-state index in [0.29, 0.717) is 6.10 Å². The minimum absolute atomic E-state index is 0.532. The highest BCUT2D eigenvalue weighted by molar-refractivity contribution is 7.99. The molecule has 58 valence electrons. The van der Waals surface area contributed by atoms with Gasteiger partial charge < -0.3 is 4.74 Å². The van der Waals surface area contributed by atoms with E-state index in [0.717, 1.165) is 18.1 Å². The summed E-state index contributed by atoms with van der Waals surface area (Å²) in [7, 11) is 0. The first-order valence-electron chi connectivity index (χ1n) is 3.73. The predicted molar refractivity (Wildman–Crippen MR) is 46.5 cm³/mol. The van der Waals surface area contributed by atoms with Gasteiger partial charge in [-0.1, -0.05) is 6.08 Å². The van der Waals surface area contributed by atoms with Crippen molar-refractivity contribution < 1.29 is 4.74 Å². The Labute approximate surface area is 66.8 Å². The van der Waals surface area contributed by atoms with Crippen molar-refractivity contribution in [2.75, 3.05) is 18.1 Å². The first-order valence-corrected chi connectivity index (χ1v) is 4.89. The predicted octanol–water partition coefficient (Wildman–Crippen LogP) is 2.08. The van der Waals surface area contributed by atoms with E-state index in [1.807, 2.05) is 17.8 Å². The van der Waals surface area contributed by atoms with Crippen molar-refractivity contribution >= 4 is 11.8 Å². The van der Waals surface area contributed by atoms with Gasteiger partial charge in [0.2, 0.25) is 0 Å². The molecular formula is C8H14OS. The number of hydrogen-bond donors (Lipinski definition) is 0. The van der Waals surface area contributed by atoms with Gasteiger partial charge in [-0.3, -0.25) is 0 Å². The molecule has 0 amide bonds. The van der Waals surface area contributed by atoms with E-state index < -0.39 is 0 Å². The average Bonchev–Trinajstić information content (AvgIpc) is 2.41. The van der Waals surface area contributed by atoms with Crippen LogP contribution in [0.4, 0.5) is 0 Å². The van der Waals surface area contributed by atoms with Crippen LogP contribution in [0.2, 0.25) is 0 Å². The third-order valence-corrected chi connectivity index (χ3v) is 2.64. The van der Waals surface area contributed by atoms with Gasteiger partial charge in [0.1, 0.15) is 0 Å². The Bertz CT molecular complexity index is 97.4. The van der Waals surface area contributed by atoms with Crippen molar-refractivity contribution in [3.8, 4) is 0 Å². The Balaban J connectivity index is 1.96. The van der Waals surface area contributed by atoms with Gasteiger partial charge in [0.15, 0.2) is 0 Å². The molecule has 1 nitrogen and oxygen atoms in total. The van der Waals surface area contributed by atoms with Gasteiger partial charge in [-0.05, 0) is 12.8 Å². The van der Waals surface area contributed by atoms with E-state index in [4.69, 9.17) is 4.74 Å². The Kier molecular flexibility index (Phi) is 3.91. The van der Waals surface area contributed by atoms with E-state index in [2.05, 4.69) is 6.58 Å². The molecule has 0 spiro atoms. The maximum absolute atomic E-state index is 5.44. The highest BCUT2D eigenvalue weighted by atomic mass is 32.2. The molecule has 1 rings (SSSR count). The zero-order valence-electron chi connectivity index (χ0n) is 6.21. The first-order chi connectivity index (χ1) is 4.93. The van der Waals surface area contributed by atoms with Gasteiger partial charge in [-0.25, -0.2) is 0 Å². The number of hydrogen-bond acceptors (Lipinski definition) is 2. The Hall–Kier alpha value is 0.0500. The van der Waals surface area contributed by atoms with E-state index >= 15 is 0 Å².